The predicted molar refractivity (Wildman–Crippen MR) is 141 cm³/mol. The van der Waals surface area contributed by atoms with Crippen molar-refractivity contribution < 1.29 is 22.4 Å². The molecule has 2 aromatic carbocycles. The zero-order chi connectivity index (χ0) is 27.0. The molecule has 8 nitrogen and oxygen atoms in total. The third kappa shape index (κ3) is 7.32. The fourth-order valence-corrected chi connectivity index (χ4v) is 4.91. The Bertz CT molecular complexity index is 1160. The van der Waals surface area contributed by atoms with Crippen LogP contribution in [0.1, 0.15) is 32.3 Å². The lowest BCUT2D eigenvalue weighted by Crippen LogP contribution is -2.52. The molecule has 0 bridgehead atoms. The first-order chi connectivity index (χ1) is 16.9. The Kier molecular flexibility index (Phi) is 11.0. The Morgan fingerprint density at radius 3 is 2.22 bits per heavy atom. The summed E-state index contributed by atoms with van der Waals surface area (Å²) >= 11 is 12.6. The van der Waals surface area contributed by atoms with Gasteiger partial charge in [0.2, 0.25) is 11.8 Å². The van der Waals surface area contributed by atoms with Gasteiger partial charge >= 0.3 is 10.2 Å². The van der Waals surface area contributed by atoms with Crippen LogP contribution in [0.25, 0.3) is 0 Å². The Labute approximate surface area is 222 Å². The third-order valence-electron chi connectivity index (χ3n) is 5.53. The normalized spacial score (nSPS) is 12.3. The highest BCUT2D eigenvalue weighted by Crippen LogP contribution is 2.28. The molecule has 0 aliphatic rings. The second-order valence-corrected chi connectivity index (χ2v) is 11.2. The first kappa shape index (κ1) is 29.8. The molecule has 0 spiro atoms. The van der Waals surface area contributed by atoms with Gasteiger partial charge in [-0.05, 0) is 37.6 Å². The van der Waals surface area contributed by atoms with Crippen molar-refractivity contribution in [3.05, 3.63) is 63.9 Å². The molecule has 0 fully saturated rings. The topological polar surface area (TPSA) is 90.0 Å². The predicted octanol–water partition coefficient (Wildman–Crippen LogP) is 4.08. The Morgan fingerprint density at radius 1 is 1.06 bits per heavy atom. The lowest BCUT2D eigenvalue weighted by atomic mass is 10.1. The van der Waals surface area contributed by atoms with Crippen molar-refractivity contribution in [2.24, 2.45) is 0 Å². The van der Waals surface area contributed by atoms with Crippen LogP contribution in [0, 0.1) is 5.82 Å². The van der Waals surface area contributed by atoms with Crippen molar-refractivity contribution in [3.63, 3.8) is 0 Å². The van der Waals surface area contributed by atoms with Gasteiger partial charge in [0.25, 0.3) is 0 Å². The second kappa shape index (κ2) is 13.2. The number of hydrogen-bond acceptors (Lipinski definition) is 4. The maximum absolute atomic E-state index is 14.6. The van der Waals surface area contributed by atoms with Gasteiger partial charge in [-0.3, -0.25) is 9.59 Å². The fourth-order valence-electron chi connectivity index (χ4n) is 3.33. The van der Waals surface area contributed by atoms with Crippen LogP contribution in [0.3, 0.4) is 0 Å². The molecule has 0 unspecified atom stereocenters. The summed E-state index contributed by atoms with van der Waals surface area (Å²) in [6, 6.07) is 9.08. The first-order valence-corrected chi connectivity index (χ1v) is 13.5. The number of hydrogen-bond donors (Lipinski definition) is 1. The van der Waals surface area contributed by atoms with Gasteiger partial charge in [0.1, 0.15) is 18.4 Å². The lowest BCUT2D eigenvalue weighted by molar-refractivity contribution is -0.139. The number of amides is 2. The summed E-state index contributed by atoms with van der Waals surface area (Å²) in [7, 11) is -1.72. The number of nitrogens with one attached hydrogen (secondary N) is 1. The minimum absolute atomic E-state index is 0.160. The molecule has 1 atom stereocenters. The maximum atomic E-state index is 14.6. The van der Waals surface area contributed by atoms with E-state index in [2.05, 4.69) is 5.32 Å². The van der Waals surface area contributed by atoms with Crippen LogP contribution in [-0.4, -0.2) is 62.7 Å². The van der Waals surface area contributed by atoms with Crippen LogP contribution >= 0.6 is 23.2 Å². The van der Waals surface area contributed by atoms with Crippen LogP contribution < -0.4 is 9.62 Å². The summed E-state index contributed by atoms with van der Waals surface area (Å²) in [4.78, 5) is 27.7. The number of para-hydroxylation sites is 1. The number of carbonyl (C=O) groups is 2. The van der Waals surface area contributed by atoms with Crippen LogP contribution in [0.15, 0.2) is 42.5 Å². The van der Waals surface area contributed by atoms with Gasteiger partial charge in [0, 0.05) is 42.8 Å². The lowest BCUT2D eigenvalue weighted by Gasteiger charge is -2.33. The minimum atomic E-state index is -4.27. The number of anilines is 1. The average Bonchev–Trinajstić information content (AvgIpc) is 2.82. The number of unbranched alkanes of at least 4 members (excludes halogenated alkanes) is 1. The molecule has 0 radical (unpaired) electrons. The molecule has 0 aromatic heterocycles. The Hall–Kier alpha value is -2.40. The van der Waals surface area contributed by atoms with Crippen LogP contribution in [0.4, 0.5) is 10.1 Å². The maximum Gasteiger partial charge on any atom is 0.304 e. The SMILES string of the molecule is CCCCNC(=O)[C@@H](C)N(Cc1c(Cl)cccc1Cl)C(=O)CN(c1ccccc1F)S(=O)(=O)N(C)C. The van der Waals surface area contributed by atoms with Crippen molar-refractivity contribution in [2.75, 3.05) is 31.5 Å². The molecule has 36 heavy (non-hydrogen) atoms. The van der Waals surface area contributed by atoms with E-state index in [4.69, 9.17) is 23.2 Å². The van der Waals surface area contributed by atoms with Crippen molar-refractivity contribution in [1.82, 2.24) is 14.5 Å². The van der Waals surface area contributed by atoms with E-state index in [9.17, 15) is 22.4 Å². The van der Waals surface area contributed by atoms with Crippen LogP contribution in [-0.2, 0) is 26.3 Å². The van der Waals surface area contributed by atoms with E-state index in [0.29, 0.717) is 16.4 Å². The molecule has 2 amide bonds. The number of rotatable bonds is 12. The first-order valence-electron chi connectivity index (χ1n) is 11.4. The third-order valence-corrected chi connectivity index (χ3v) is 8.04. The number of benzene rings is 2. The highest BCUT2D eigenvalue weighted by atomic mass is 35.5. The largest absolute Gasteiger partial charge is 0.354 e. The molecule has 12 heteroatoms. The molecule has 0 aliphatic heterocycles. The van der Waals surface area contributed by atoms with Gasteiger partial charge in [-0.2, -0.15) is 12.7 Å². The zero-order valence-corrected chi connectivity index (χ0v) is 23.0. The molecule has 0 saturated carbocycles. The average molecular weight is 562 g/mol. The van der Waals surface area contributed by atoms with Gasteiger partial charge in [0.15, 0.2) is 0 Å². The quantitative estimate of drug-likeness (QED) is 0.396. The van der Waals surface area contributed by atoms with Gasteiger partial charge in [-0.1, -0.05) is 54.7 Å². The summed E-state index contributed by atoms with van der Waals surface area (Å²) in [5, 5.41) is 3.34. The number of carbonyl (C=O) groups excluding carboxylic acids is 2. The van der Waals surface area contributed by atoms with Crippen LogP contribution in [0.2, 0.25) is 10.0 Å². The van der Waals surface area contributed by atoms with Crippen molar-refractivity contribution >= 4 is 50.9 Å². The van der Waals surface area contributed by atoms with E-state index < -0.39 is 40.4 Å². The molecule has 0 saturated heterocycles. The highest BCUT2D eigenvalue weighted by Gasteiger charge is 2.34. The Morgan fingerprint density at radius 2 is 1.67 bits per heavy atom. The van der Waals surface area contributed by atoms with E-state index in [1.165, 1.54) is 44.1 Å². The molecule has 0 heterocycles. The molecule has 198 valence electrons. The summed E-state index contributed by atoms with van der Waals surface area (Å²) in [6.45, 7) is 3.01. The smallest absolute Gasteiger partial charge is 0.304 e. The van der Waals surface area contributed by atoms with Gasteiger partial charge in [-0.25, -0.2) is 8.70 Å². The van der Waals surface area contributed by atoms with Crippen LogP contribution in [0.5, 0.6) is 0 Å². The van der Waals surface area contributed by atoms with Crippen molar-refractivity contribution in [3.8, 4) is 0 Å². The summed E-state index contributed by atoms with van der Waals surface area (Å²) in [6.07, 6.45) is 1.62. The summed E-state index contributed by atoms with van der Waals surface area (Å²) < 4.78 is 42.4. The summed E-state index contributed by atoms with van der Waals surface area (Å²) in [5.74, 6) is -1.98. The Balaban J connectivity index is 2.49. The van der Waals surface area contributed by atoms with E-state index in [1.54, 1.807) is 18.2 Å². The van der Waals surface area contributed by atoms with E-state index in [0.717, 1.165) is 23.2 Å². The number of halogens is 3. The van der Waals surface area contributed by atoms with E-state index in [1.807, 2.05) is 6.92 Å². The minimum Gasteiger partial charge on any atom is -0.354 e. The second-order valence-electron chi connectivity index (χ2n) is 8.29. The fraction of sp³-hybridized carbons (Fsp3) is 0.417. The zero-order valence-electron chi connectivity index (χ0n) is 20.7. The van der Waals surface area contributed by atoms with Gasteiger partial charge in [-0.15, -0.1) is 0 Å². The molecule has 1 N–H and O–H groups in total. The van der Waals surface area contributed by atoms with Gasteiger partial charge in [0.05, 0.1) is 5.69 Å². The molecular weight excluding hydrogens is 530 g/mol. The van der Waals surface area contributed by atoms with Gasteiger partial charge < -0.3 is 10.2 Å². The standard InChI is InChI=1S/C24H31Cl2FN4O4S/c1-5-6-14-28-24(33)17(2)30(15-18-19(25)10-9-11-20(18)26)23(32)16-31(36(34,35)29(3)4)22-13-8-7-12-21(22)27/h7-13,17H,5-6,14-16H2,1-4H3,(H,28,33)/t17-/m1/s1. The molecule has 2 aromatic rings. The van der Waals surface area contributed by atoms with Crippen molar-refractivity contribution in [1.29, 1.82) is 0 Å². The molecule has 0 aliphatic carbocycles. The highest BCUT2D eigenvalue weighted by molar-refractivity contribution is 7.90. The molecule has 2 rings (SSSR count). The van der Waals surface area contributed by atoms with Crippen molar-refractivity contribution in [2.45, 2.75) is 39.3 Å². The van der Waals surface area contributed by atoms with E-state index >= 15 is 0 Å². The van der Waals surface area contributed by atoms with E-state index in [-0.39, 0.29) is 22.3 Å². The number of nitrogens with zero attached hydrogens (tertiary/aromatic N) is 3. The molecular formula is C24H31Cl2FN4O4S. The monoisotopic (exact) mass is 560 g/mol. The summed E-state index contributed by atoms with van der Waals surface area (Å²) in [5.41, 5.74) is 0.102.